The van der Waals surface area contributed by atoms with Crippen LogP contribution in [0.5, 0.6) is 0 Å². The SMILES string of the molecule is CCO[Si](CCCN(CCCCCCCCCCN)CCC[Si](OCC)(OCC)OCC)(OCC)OCC. The summed E-state index contributed by atoms with van der Waals surface area (Å²) in [6.07, 6.45) is 12.3. The van der Waals surface area contributed by atoms with E-state index in [4.69, 9.17) is 32.3 Å². The van der Waals surface area contributed by atoms with Crippen LogP contribution in [0.1, 0.15) is 106 Å². The van der Waals surface area contributed by atoms with Crippen LogP contribution < -0.4 is 5.73 Å². The van der Waals surface area contributed by atoms with E-state index in [1.54, 1.807) is 0 Å². The normalized spacial score (nSPS) is 12.6. The second-order valence-corrected chi connectivity index (χ2v) is 15.1. The molecule has 0 saturated heterocycles. The Hall–Kier alpha value is 0.114. The molecule has 0 aromatic carbocycles. The maximum Gasteiger partial charge on any atom is 0.500 e. The van der Waals surface area contributed by atoms with Gasteiger partial charge in [0.1, 0.15) is 0 Å². The predicted octanol–water partition coefficient (Wildman–Crippen LogP) is 6.24. The molecule has 0 rings (SSSR count). The quantitative estimate of drug-likeness (QED) is 0.0789. The lowest BCUT2D eigenvalue weighted by atomic mass is 10.1. The highest BCUT2D eigenvalue weighted by atomic mass is 28.4. The minimum atomic E-state index is -2.61. The zero-order valence-corrected chi connectivity index (χ0v) is 28.0. The number of unbranched alkanes of at least 4 members (excludes halogenated alkanes) is 7. The molecular weight excluding hydrogens is 516 g/mol. The number of rotatable bonds is 30. The lowest BCUT2D eigenvalue weighted by molar-refractivity contribution is 0.0692. The largest absolute Gasteiger partial charge is 0.500 e. The van der Waals surface area contributed by atoms with E-state index in [0.717, 1.165) is 57.5 Å². The van der Waals surface area contributed by atoms with Crippen molar-refractivity contribution in [3.05, 3.63) is 0 Å². The van der Waals surface area contributed by atoms with Crippen molar-refractivity contribution in [1.82, 2.24) is 4.90 Å². The third-order valence-electron chi connectivity index (χ3n) is 6.53. The second kappa shape index (κ2) is 26.0. The monoisotopic (exact) mass is 580 g/mol. The molecule has 0 heterocycles. The molecule has 0 bridgehead atoms. The van der Waals surface area contributed by atoms with Crippen LogP contribution in [0, 0.1) is 0 Å². The van der Waals surface area contributed by atoms with Gasteiger partial charge in [0.25, 0.3) is 0 Å². The Kier molecular flexibility index (Phi) is 26.1. The minimum Gasteiger partial charge on any atom is -0.374 e. The summed E-state index contributed by atoms with van der Waals surface area (Å²) in [4.78, 5) is 2.60. The zero-order chi connectivity index (χ0) is 28.4. The van der Waals surface area contributed by atoms with Crippen molar-refractivity contribution in [3.63, 3.8) is 0 Å². The Balaban J connectivity index is 4.94. The van der Waals surface area contributed by atoms with Crippen molar-refractivity contribution < 1.29 is 26.6 Å². The fourth-order valence-corrected chi connectivity index (χ4v) is 10.1. The van der Waals surface area contributed by atoms with Gasteiger partial charge in [-0.1, -0.05) is 38.5 Å². The molecule has 0 aromatic heterocycles. The van der Waals surface area contributed by atoms with Gasteiger partial charge in [-0.2, -0.15) is 0 Å². The number of hydrogen-bond acceptors (Lipinski definition) is 8. The lowest BCUT2D eigenvalue weighted by Crippen LogP contribution is -2.47. The van der Waals surface area contributed by atoms with E-state index >= 15 is 0 Å². The molecule has 0 aliphatic carbocycles. The molecule has 0 aromatic rings. The van der Waals surface area contributed by atoms with Crippen molar-refractivity contribution in [2.75, 3.05) is 65.8 Å². The maximum atomic E-state index is 6.08. The van der Waals surface area contributed by atoms with Crippen molar-refractivity contribution >= 4 is 17.6 Å². The first kappa shape index (κ1) is 38.1. The van der Waals surface area contributed by atoms with Gasteiger partial charge in [-0.25, -0.2) is 0 Å². The summed E-state index contributed by atoms with van der Waals surface area (Å²) >= 11 is 0. The van der Waals surface area contributed by atoms with Crippen LogP contribution in [0.2, 0.25) is 12.1 Å². The average molecular weight is 581 g/mol. The highest BCUT2D eigenvalue weighted by Gasteiger charge is 2.41. The Morgan fingerprint density at radius 1 is 0.421 bits per heavy atom. The molecule has 0 atom stereocenters. The lowest BCUT2D eigenvalue weighted by Gasteiger charge is -2.31. The molecule has 0 unspecified atom stereocenters. The summed E-state index contributed by atoms with van der Waals surface area (Å²) < 4.78 is 36.5. The molecule has 8 nitrogen and oxygen atoms in total. The summed E-state index contributed by atoms with van der Waals surface area (Å²) in [5, 5.41) is 0. The maximum absolute atomic E-state index is 6.08. The van der Waals surface area contributed by atoms with Gasteiger partial charge in [-0.05, 0) is 93.4 Å². The third-order valence-corrected chi connectivity index (χ3v) is 12.8. The highest BCUT2D eigenvalue weighted by molar-refractivity contribution is 6.61. The van der Waals surface area contributed by atoms with Crippen molar-refractivity contribution in [3.8, 4) is 0 Å². The molecule has 0 aliphatic rings. The molecule has 0 fully saturated rings. The number of hydrogen-bond donors (Lipinski definition) is 1. The van der Waals surface area contributed by atoms with Crippen LogP contribution in [0.3, 0.4) is 0 Å². The molecule has 38 heavy (non-hydrogen) atoms. The molecule has 0 amide bonds. The van der Waals surface area contributed by atoms with E-state index in [1.807, 2.05) is 41.5 Å². The van der Waals surface area contributed by atoms with E-state index in [1.165, 1.54) is 44.9 Å². The average Bonchev–Trinajstić information content (AvgIpc) is 2.88. The van der Waals surface area contributed by atoms with Gasteiger partial charge in [0, 0.05) is 51.7 Å². The first-order chi connectivity index (χ1) is 18.5. The summed E-state index contributed by atoms with van der Waals surface area (Å²) in [7, 11) is -5.21. The molecule has 0 radical (unpaired) electrons. The molecular formula is C28H64N2O6Si2. The van der Waals surface area contributed by atoms with Gasteiger partial charge in [0.05, 0.1) is 0 Å². The second-order valence-electron chi connectivity index (χ2n) is 9.63. The Morgan fingerprint density at radius 2 is 0.711 bits per heavy atom. The summed E-state index contributed by atoms with van der Waals surface area (Å²) in [5.41, 5.74) is 5.60. The van der Waals surface area contributed by atoms with Crippen LogP contribution in [0.15, 0.2) is 0 Å². The Bertz CT molecular complexity index is 442. The zero-order valence-electron chi connectivity index (χ0n) is 26.0. The van der Waals surface area contributed by atoms with Crippen LogP contribution in [-0.2, 0) is 26.6 Å². The fourth-order valence-electron chi connectivity index (χ4n) is 4.92. The first-order valence-corrected chi connectivity index (χ1v) is 19.6. The van der Waals surface area contributed by atoms with Crippen LogP contribution in [0.4, 0.5) is 0 Å². The highest BCUT2D eigenvalue weighted by Crippen LogP contribution is 2.21. The molecule has 10 heteroatoms. The molecule has 0 spiro atoms. The minimum absolute atomic E-state index is 0.626. The number of nitrogens with zero attached hydrogens (tertiary/aromatic N) is 1. The van der Waals surface area contributed by atoms with Crippen LogP contribution in [-0.4, -0.2) is 88.3 Å². The van der Waals surface area contributed by atoms with Crippen LogP contribution in [0.25, 0.3) is 0 Å². The van der Waals surface area contributed by atoms with Gasteiger partial charge in [-0.3, -0.25) is 0 Å². The summed E-state index contributed by atoms with van der Waals surface area (Å²) in [6.45, 7) is 19.9. The predicted molar refractivity (Wildman–Crippen MR) is 163 cm³/mol. The van der Waals surface area contributed by atoms with E-state index < -0.39 is 17.6 Å². The Labute approximate surface area is 238 Å². The van der Waals surface area contributed by atoms with Gasteiger partial charge in [0.15, 0.2) is 0 Å². The van der Waals surface area contributed by atoms with Crippen molar-refractivity contribution in [2.24, 2.45) is 5.73 Å². The topological polar surface area (TPSA) is 84.6 Å². The first-order valence-electron chi connectivity index (χ1n) is 15.8. The smallest absolute Gasteiger partial charge is 0.374 e. The van der Waals surface area contributed by atoms with Crippen molar-refractivity contribution in [2.45, 2.75) is 118 Å². The van der Waals surface area contributed by atoms with E-state index in [-0.39, 0.29) is 0 Å². The van der Waals surface area contributed by atoms with Crippen molar-refractivity contribution in [1.29, 1.82) is 0 Å². The van der Waals surface area contributed by atoms with E-state index in [2.05, 4.69) is 4.90 Å². The van der Waals surface area contributed by atoms with Gasteiger partial charge >= 0.3 is 17.6 Å². The Morgan fingerprint density at radius 3 is 1.03 bits per heavy atom. The van der Waals surface area contributed by atoms with E-state index in [0.29, 0.717) is 39.6 Å². The number of nitrogens with two attached hydrogens (primary N) is 1. The third kappa shape index (κ3) is 18.5. The molecule has 0 saturated carbocycles. The van der Waals surface area contributed by atoms with Crippen LogP contribution >= 0.6 is 0 Å². The van der Waals surface area contributed by atoms with Gasteiger partial charge in [0.2, 0.25) is 0 Å². The summed E-state index contributed by atoms with van der Waals surface area (Å²) in [6, 6.07) is 1.72. The molecule has 230 valence electrons. The van der Waals surface area contributed by atoms with Gasteiger partial charge < -0.3 is 37.2 Å². The van der Waals surface area contributed by atoms with Gasteiger partial charge in [-0.15, -0.1) is 0 Å². The standard InChI is InChI=1S/C28H64N2O6Si2/c1-7-31-37(32-8-2,33-9-3)27-21-25-30(24-20-18-16-14-13-15-17-19-23-29)26-22-28-38(34-10-4,35-11-5)36-12-6/h7-29H2,1-6H3. The molecule has 0 aliphatic heterocycles. The van der Waals surface area contributed by atoms with E-state index in [9.17, 15) is 0 Å². The summed E-state index contributed by atoms with van der Waals surface area (Å²) in [5.74, 6) is 0. The fraction of sp³-hybridized carbons (Fsp3) is 1.00. The molecule has 2 N–H and O–H groups in total.